The Bertz CT molecular complexity index is 1800. The summed E-state index contributed by atoms with van der Waals surface area (Å²) in [7, 11) is -1.41. The van der Waals surface area contributed by atoms with Crippen LogP contribution < -0.4 is 19.5 Å². The highest BCUT2D eigenvalue weighted by atomic mass is 35.5. The highest BCUT2D eigenvalue weighted by Crippen LogP contribution is 2.35. The molecule has 0 radical (unpaired) electrons. The summed E-state index contributed by atoms with van der Waals surface area (Å²) in [6.07, 6.45) is 3.49. The van der Waals surface area contributed by atoms with Crippen molar-refractivity contribution in [1.29, 1.82) is 0 Å². The molecule has 2 unspecified atom stereocenters. The summed E-state index contributed by atoms with van der Waals surface area (Å²) in [4.78, 5) is 36.5. The van der Waals surface area contributed by atoms with E-state index in [1.165, 1.54) is 38.5 Å². The summed E-state index contributed by atoms with van der Waals surface area (Å²) in [5.74, 6) is -1.04. The van der Waals surface area contributed by atoms with Gasteiger partial charge < -0.3 is 24.6 Å². The Morgan fingerprint density at radius 2 is 1.75 bits per heavy atom. The van der Waals surface area contributed by atoms with Gasteiger partial charge in [0.15, 0.2) is 13.1 Å². The van der Waals surface area contributed by atoms with E-state index in [-0.39, 0.29) is 23.8 Å². The van der Waals surface area contributed by atoms with E-state index in [4.69, 9.17) is 30.9 Å². The van der Waals surface area contributed by atoms with Crippen LogP contribution in [-0.4, -0.2) is 58.2 Å². The number of alkyl halides is 1. The summed E-state index contributed by atoms with van der Waals surface area (Å²) >= 11 is 6.36. The maximum atomic E-state index is 13.4. The van der Waals surface area contributed by atoms with Crippen LogP contribution in [0.15, 0.2) is 77.2 Å². The van der Waals surface area contributed by atoms with Crippen molar-refractivity contribution in [3.63, 3.8) is 0 Å². The van der Waals surface area contributed by atoms with E-state index in [9.17, 15) is 22.8 Å². The number of allylic oxidation sites excluding steroid dienone is 3. The number of amides is 2. The van der Waals surface area contributed by atoms with Crippen LogP contribution in [0.3, 0.4) is 0 Å². The number of sulfonamides is 1. The Morgan fingerprint density at radius 1 is 1.02 bits per heavy atom. The number of nitrogens with one attached hydrogen (secondary N) is 2. The number of rotatable bonds is 16. The zero-order valence-electron chi connectivity index (χ0n) is 27.3. The first-order valence-corrected chi connectivity index (χ1v) is 16.7. The molecule has 0 aliphatic heterocycles. The molecule has 0 heterocycles. The number of aldehydes is 1. The second-order valence-electron chi connectivity index (χ2n) is 11.0. The Labute approximate surface area is 285 Å². The molecule has 11 nitrogen and oxygen atoms in total. The van der Waals surface area contributed by atoms with Gasteiger partial charge in [-0.3, -0.25) is 9.59 Å². The smallest absolute Gasteiger partial charge is 0.404 e. The van der Waals surface area contributed by atoms with Gasteiger partial charge in [-0.2, -0.15) is 0 Å². The lowest BCUT2D eigenvalue weighted by Gasteiger charge is -2.20. The zero-order valence-corrected chi connectivity index (χ0v) is 28.9. The van der Waals surface area contributed by atoms with Crippen LogP contribution in [0.2, 0.25) is 0 Å². The van der Waals surface area contributed by atoms with Gasteiger partial charge in [-0.15, -0.1) is 11.6 Å². The van der Waals surface area contributed by atoms with Gasteiger partial charge in [0.25, 0.3) is 10.0 Å². The summed E-state index contributed by atoms with van der Waals surface area (Å²) in [6, 6.07) is 15.7. The van der Waals surface area contributed by atoms with Crippen molar-refractivity contribution in [2.24, 2.45) is 0 Å². The van der Waals surface area contributed by atoms with Crippen LogP contribution in [0, 0.1) is 0 Å². The standard InChI is InChI=1S/C35H39ClN2O9S/c1-22(2)12-13-26-17-30(32(46-5)18-31(26)47-21-45-4)28(20-39)14-24-8-7-11-29(16-24)48(43,44)38-34(40)33(23(3)36)27-10-6-9-25(15-27)19-37-35(41)42/h6-12,14-18,20,23,33,37H,13,19,21H2,1-5H3,(H,38,40)(H,41,42). The van der Waals surface area contributed by atoms with Crippen LogP contribution >= 0.6 is 11.6 Å². The van der Waals surface area contributed by atoms with Gasteiger partial charge in [0.1, 0.15) is 11.5 Å². The Morgan fingerprint density at radius 3 is 2.38 bits per heavy atom. The van der Waals surface area contributed by atoms with Crippen molar-refractivity contribution in [3.8, 4) is 11.5 Å². The van der Waals surface area contributed by atoms with Crippen molar-refractivity contribution < 1.29 is 42.1 Å². The number of methoxy groups -OCH3 is 2. The lowest BCUT2D eigenvalue weighted by Crippen LogP contribution is -2.37. The van der Waals surface area contributed by atoms with E-state index in [2.05, 4.69) is 10.0 Å². The first-order chi connectivity index (χ1) is 22.8. The van der Waals surface area contributed by atoms with Gasteiger partial charge in [-0.1, -0.05) is 48.0 Å². The van der Waals surface area contributed by atoms with Crippen LogP contribution in [-0.2, 0) is 37.3 Å². The lowest BCUT2D eigenvalue weighted by molar-refractivity contribution is -0.120. The highest BCUT2D eigenvalue weighted by Gasteiger charge is 2.30. The van der Waals surface area contributed by atoms with E-state index in [1.54, 1.807) is 49.4 Å². The Kier molecular flexibility index (Phi) is 13.8. The molecular formula is C35H39ClN2O9S. The SMILES string of the molecule is COCOc1cc(OC)c(C(C=O)=Cc2cccc(S(=O)(=O)NC(=O)C(c3cccc(CNC(=O)O)c3)C(C)Cl)c2)cc1CC=C(C)C. The van der Waals surface area contributed by atoms with Crippen molar-refractivity contribution in [2.45, 2.75) is 49.9 Å². The molecule has 0 saturated heterocycles. The molecule has 3 aromatic carbocycles. The summed E-state index contributed by atoms with van der Waals surface area (Å²) in [5, 5.41) is 10.4. The van der Waals surface area contributed by atoms with Gasteiger partial charge >= 0.3 is 6.09 Å². The number of carbonyl (C=O) groups excluding carboxylic acids is 2. The first kappa shape index (κ1) is 37.8. The Balaban J connectivity index is 1.96. The molecule has 0 aliphatic carbocycles. The number of carbonyl (C=O) groups is 3. The molecule has 0 aliphatic rings. The van der Waals surface area contributed by atoms with Crippen molar-refractivity contribution >= 4 is 51.6 Å². The summed E-state index contributed by atoms with van der Waals surface area (Å²) < 4.78 is 45.4. The van der Waals surface area contributed by atoms with E-state index < -0.39 is 33.3 Å². The molecule has 0 spiro atoms. The Hall–Kier alpha value is -4.65. The van der Waals surface area contributed by atoms with Crippen molar-refractivity contribution in [1.82, 2.24) is 10.0 Å². The van der Waals surface area contributed by atoms with Crippen LogP contribution in [0.5, 0.6) is 11.5 Å². The van der Waals surface area contributed by atoms with Crippen molar-refractivity contribution in [2.75, 3.05) is 21.0 Å². The molecule has 256 valence electrons. The quantitative estimate of drug-likeness (QED) is 0.0413. The molecule has 3 N–H and O–H groups in total. The van der Waals surface area contributed by atoms with Gasteiger partial charge in [0, 0.05) is 36.2 Å². The van der Waals surface area contributed by atoms with Gasteiger partial charge in [-0.25, -0.2) is 17.9 Å². The molecule has 3 rings (SSSR count). The third-order valence-corrected chi connectivity index (χ3v) is 8.70. The molecule has 13 heteroatoms. The van der Waals surface area contributed by atoms with E-state index >= 15 is 0 Å². The summed E-state index contributed by atoms with van der Waals surface area (Å²) in [6.45, 7) is 5.50. The predicted octanol–water partition coefficient (Wildman–Crippen LogP) is 5.91. The minimum absolute atomic E-state index is 0.00997. The lowest BCUT2D eigenvalue weighted by atomic mass is 9.94. The largest absolute Gasteiger partial charge is 0.496 e. The van der Waals surface area contributed by atoms with E-state index in [1.807, 2.05) is 19.9 Å². The fourth-order valence-corrected chi connectivity index (χ4v) is 6.13. The van der Waals surface area contributed by atoms with Crippen LogP contribution in [0.4, 0.5) is 4.79 Å². The molecule has 2 amide bonds. The molecule has 0 fully saturated rings. The van der Waals surface area contributed by atoms with Crippen molar-refractivity contribution in [3.05, 3.63) is 100 Å². The number of hydrogen-bond acceptors (Lipinski definition) is 8. The molecule has 2 atom stereocenters. The topological polar surface area (TPSA) is 157 Å². The second kappa shape index (κ2) is 17.5. The number of ether oxygens (including phenoxy) is 3. The molecule has 48 heavy (non-hydrogen) atoms. The van der Waals surface area contributed by atoms with Crippen LogP contribution in [0.1, 0.15) is 54.5 Å². The molecule has 0 aromatic heterocycles. The highest BCUT2D eigenvalue weighted by molar-refractivity contribution is 7.90. The molecule has 3 aromatic rings. The monoisotopic (exact) mass is 698 g/mol. The average Bonchev–Trinajstić information content (AvgIpc) is 3.04. The van der Waals surface area contributed by atoms with Gasteiger partial charge in [-0.05, 0) is 73.7 Å². The number of hydrogen-bond donors (Lipinski definition) is 3. The minimum Gasteiger partial charge on any atom is -0.496 e. The number of benzene rings is 3. The maximum Gasteiger partial charge on any atom is 0.404 e. The number of carboxylic acid groups (broad SMARTS) is 1. The third-order valence-electron chi connectivity index (χ3n) is 7.10. The predicted molar refractivity (Wildman–Crippen MR) is 184 cm³/mol. The van der Waals surface area contributed by atoms with Gasteiger partial charge in [0.05, 0.1) is 17.9 Å². The third kappa shape index (κ3) is 10.4. The first-order valence-electron chi connectivity index (χ1n) is 14.8. The fraction of sp³-hybridized carbons (Fsp3) is 0.286. The van der Waals surface area contributed by atoms with E-state index in [0.717, 1.165) is 11.1 Å². The van der Waals surface area contributed by atoms with Crippen LogP contribution in [0.25, 0.3) is 11.6 Å². The second-order valence-corrected chi connectivity index (χ2v) is 13.4. The maximum absolute atomic E-state index is 13.4. The van der Waals surface area contributed by atoms with Gasteiger partial charge in [0.2, 0.25) is 5.91 Å². The summed E-state index contributed by atoms with van der Waals surface area (Å²) in [5.41, 5.74) is 3.92. The molecular weight excluding hydrogens is 660 g/mol. The molecule has 0 saturated carbocycles. The van der Waals surface area contributed by atoms with E-state index in [0.29, 0.717) is 46.5 Å². The number of halogens is 1. The average molecular weight is 699 g/mol. The zero-order chi connectivity index (χ0) is 35.4. The molecule has 0 bridgehead atoms. The fourth-order valence-electron chi connectivity index (χ4n) is 4.81. The normalized spacial score (nSPS) is 12.8. The minimum atomic E-state index is -4.38.